The van der Waals surface area contributed by atoms with Crippen LogP contribution in [0.1, 0.15) is 31.0 Å². The highest BCUT2D eigenvalue weighted by Gasteiger charge is 2.10. The quantitative estimate of drug-likeness (QED) is 0.825. The SMILES string of the molecule is CC(C)Oc1cccc(C(N)c2cccc(I)c2)c1. The first-order chi connectivity index (χ1) is 9.06. The van der Waals surface area contributed by atoms with Crippen molar-refractivity contribution in [1.29, 1.82) is 0 Å². The van der Waals surface area contributed by atoms with Gasteiger partial charge in [0, 0.05) is 3.57 Å². The van der Waals surface area contributed by atoms with Crippen LogP contribution in [0.3, 0.4) is 0 Å². The van der Waals surface area contributed by atoms with Crippen molar-refractivity contribution in [1.82, 2.24) is 0 Å². The Labute approximate surface area is 128 Å². The summed E-state index contributed by atoms with van der Waals surface area (Å²) < 4.78 is 6.90. The first-order valence-corrected chi connectivity index (χ1v) is 7.42. The second kappa shape index (κ2) is 6.39. The van der Waals surface area contributed by atoms with Crippen molar-refractivity contribution in [2.24, 2.45) is 5.73 Å². The van der Waals surface area contributed by atoms with Gasteiger partial charge >= 0.3 is 0 Å². The molecular weight excluding hydrogens is 349 g/mol. The molecule has 2 rings (SSSR count). The molecule has 0 aliphatic carbocycles. The predicted octanol–water partition coefficient (Wildman–Crippen LogP) is 4.13. The van der Waals surface area contributed by atoms with Crippen LogP contribution < -0.4 is 10.5 Å². The molecule has 2 aromatic carbocycles. The number of hydrogen-bond donors (Lipinski definition) is 1. The van der Waals surface area contributed by atoms with Gasteiger partial charge in [0.25, 0.3) is 0 Å². The highest BCUT2D eigenvalue weighted by Crippen LogP contribution is 2.24. The van der Waals surface area contributed by atoms with Crippen LogP contribution in [0.15, 0.2) is 48.5 Å². The third kappa shape index (κ3) is 3.94. The van der Waals surface area contributed by atoms with Crippen LogP contribution in [0.2, 0.25) is 0 Å². The lowest BCUT2D eigenvalue weighted by molar-refractivity contribution is 0.242. The van der Waals surface area contributed by atoms with Gasteiger partial charge in [-0.05, 0) is 71.8 Å². The number of rotatable bonds is 4. The lowest BCUT2D eigenvalue weighted by Crippen LogP contribution is -2.12. The van der Waals surface area contributed by atoms with Crippen molar-refractivity contribution in [3.05, 3.63) is 63.2 Å². The maximum absolute atomic E-state index is 6.33. The molecule has 100 valence electrons. The van der Waals surface area contributed by atoms with Crippen LogP contribution in [0.5, 0.6) is 5.75 Å². The van der Waals surface area contributed by atoms with E-state index in [9.17, 15) is 0 Å². The van der Waals surface area contributed by atoms with Crippen LogP contribution in [0.25, 0.3) is 0 Å². The van der Waals surface area contributed by atoms with Gasteiger partial charge in [-0.15, -0.1) is 0 Å². The number of halogens is 1. The molecule has 0 aromatic heterocycles. The molecule has 0 aliphatic rings. The number of nitrogens with two attached hydrogens (primary N) is 1. The van der Waals surface area contributed by atoms with E-state index in [4.69, 9.17) is 10.5 Å². The lowest BCUT2D eigenvalue weighted by Gasteiger charge is -2.15. The van der Waals surface area contributed by atoms with Gasteiger partial charge in [-0.25, -0.2) is 0 Å². The smallest absolute Gasteiger partial charge is 0.120 e. The summed E-state index contributed by atoms with van der Waals surface area (Å²) in [5.74, 6) is 0.869. The molecule has 0 radical (unpaired) electrons. The van der Waals surface area contributed by atoms with Crippen LogP contribution in [0.4, 0.5) is 0 Å². The van der Waals surface area contributed by atoms with Crippen molar-refractivity contribution < 1.29 is 4.74 Å². The van der Waals surface area contributed by atoms with Crippen molar-refractivity contribution in [2.45, 2.75) is 26.0 Å². The fourth-order valence-corrected chi connectivity index (χ4v) is 2.51. The molecule has 0 fully saturated rings. The minimum absolute atomic E-state index is 0.120. The van der Waals surface area contributed by atoms with E-state index in [1.807, 2.05) is 44.2 Å². The van der Waals surface area contributed by atoms with E-state index < -0.39 is 0 Å². The molecule has 2 aromatic rings. The molecule has 19 heavy (non-hydrogen) atoms. The first kappa shape index (κ1) is 14.3. The molecule has 2 N–H and O–H groups in total. The molecule has 0 saturated heterocycles. The zero-order chi connectivity index (χ0) is 13.8. The number of benzene rings is 2. The predicted molar refractivity (Wildman–Crippen MR) is 87.4 cm³/mol. The fourth-order valence-electron chi connectivity index (χ4n) is 1.95. The van der Waals surface area contributed by atoms with E-state index in [2.05, 4.69) is 40.8 Å². The van der Waals surface area contributed by atoms with Gasteiger partial charge in [-0.2, -0.15) is 0 Å². The monoisotopic (exact) mass is 367 g/mol. The van der Waals surface area contributed by atoms with Gasteiger partial charge in [0.15, 0.2) is 0 Å². The molecule has 1 unspecified atom stereocenters. The third-order valence-electron chi connectivity index (χ3n) is 2.80. The molecule has 0 aliphatic heterocycles. The van der Waals surface area contributed by atoms with E-state index in [1.54, 1.807) is 0 Å². The summed E-state index contributed by atoms with van der Waals surface area (Å²) in [6.07, 6.45) is 0.171. The van der Waals surface area contributed by atoms with E-state index in [-0.39, 0.29) is 12.1 Å². The highest BCUT2D eigenvalue weighted by molar-refractivity contribution is 14.1. The largest absolute Gasteiger partial charge is 0.491 e. The van der Waals surface area contributed by atoms with Crippen molar-refractivity contribution in [3.8, 4) is 5.75 Å². The summed E-state index contributed by atoms with van der Waals surface area (Å²) in [6, 6.07) is 16.2. The molecule has 0 saturated carbocycles. The van der Waals surface area contributed by atoms with E-state index in [0.717, 1.165) is 16.9 Å². The fraction of sp³-hybridized carbons (Fsp3) is 0.250. The van der Waals surface area contributed by atoms with Crippen molar-refractivity contribution in [3.63, 3.8) is 0 Å². The summed E-state index contributed by atoms with van der Waals surface area (Å²) in [5.41, 5.74) is 8.51. The molecule has 1 atom stereocenters. The molecule has 0 spiro atoms. The summed E-state index contributed by atoms with van der Waals surface area (Å²) >= 11 is 2.30. The zero-order valence-corrected chi connectivity index (χ0v) is 13.3. The van der Waals surface area contributed by atoms with E-state index in [0.29, 0.717) is 0 Å². The topological polar surface area (TPSA) is 35.2 Å². The van der Waals surface area contributed by atoms with Gasteiger partial charge in [0.1, 0.15) is 5.75 Å². The third-order valence-corrected chi connectivity index (χ3v) is 3.47. The Morgan fingerprint density at radius 2 is 1.63 bits per heavy atom. The van der Waals surface area contributed by atoms with Crippen LogP contribution in [-0.2, 0) is 0 Å². The number of hydrogen-bond acceptors (Lipinski definition) is 2. The average molecular weight is 367 g/mol. The number of ether oxygens (including phenoxy) is 1. The average Bonchev–Trinajstić information content (AvgIpc) is 2.37. The van der Waals surface area contributed by atoms with E-state index in [1.165, 1.54) is 3.57 Å². The highest BCUT2D eigenvalue weighted by atomic mass is 127. The normalized spacial score (nSPS) is 12.5. The molecule has 2 nitrogen and oxygen atoms in total. The summed E-state index contributed by atoms with van der Waals surface area (Å²) in [6.45, 7) is 4.04. The summed E-state index contributed by atoms with van der Waals surface area (Å²) in [7, 11) is 0. The van der Waals surface area contributed by atoms with Crippen LogP contribution in [-0.4, -0.2) is 6.10 Å². The molecular formula is C16H18INO. The Hall–Kier alpha value is -1.07. The Kier molecular flexibility index (Phi) is 4.82. The minimum Gasteiger partial charge on any atom is -0.491 e. The van der Waals surface area contributed by atoms with Crippen LogP contribution >= 0.6 is 22.6 Å². The summed E-state index contributed by atoms with van der Waals surface area (Å²) in [5, 5.41) is 0. The zero-order valence-electron chi connectivity index (χ0n) is 11.1. The second-order valence-electron chi connectivity index (χ2n) is 4.77. The van der Waals surface area contributed by atoms with E-state index >= 15 is 0 Å². The van der Waals surface area contributed by atoms with Gasteiger partial charge < -0.3 is 10.5 Å². The molecule has 3 heteroatoms. The van der Waals surface area contributed by atoms with Crippen LogP contribution in [0, 0.1) is 3.57 Å². The molecule has 0 bridgehead atoms. The Morgan fingerprint density at radius 1 is 1.00 bits per heavy atom. The van der Waals surface area contributed by atoms with Gasteiger partial charge in [-0.3, -0.25) is 0 Å². The maximum atomic E-state index is 6.33. The lowest BCUT2D eigenvalue weighted by atomic mass is 9.99. The Bertz CT molecular complexity index is 554. The van der Waals surface area contributed by atoms with Gasteiger partial charge in [0.05, 0.1) is 12.1 Å². The van der Waals surface area contributed by atoms with Crippen molar-refractivity contribution in [2.75, 3.05) is 0 Å². The van der Waals surface area contributed by atoms with Crippen molar-refractivity contribution >= 4 is 22.6 Å². The Morgan fingerprint density at radius 3 is 2.26 bits per heavy atom. The first-order valence-electron chi connectivity index (χ1n) is 6.34. The van der Waals surface area contributed by atoms with Gasteiger partial charge in [0.2, 0.25) is 0 Å². The molecule has 0 heterocycles. The molecule has 0 amide bonds. The second-order valence-corrected chi connectivity index (χ2v) is 6.02. The standard InChI is InChI=1S/C16H18INO/c1-11(2)19-15-8-4-6-13(10-15)16(18)12-5-3-7-14(17)9-12/h3-11,16H,18H2,1-2H3. The van der Waals surface area contributed by atoms with Gasteiger partial charge in [-0.1, -0.05) is 24.3 Å². The summed E-state index contributed by atoms with van der Waals surface area (Å²) in [4.78, 5) is 0. The maximum Gasteiger partial charge on any atom is 0.120 e. The Balaban J connectivity index is 2.26. The minimum atomic E-state index is -0.120.